The van der Waals surface area contributed by atoms with Gasteiger partial charge < -0.3 is 9.80 Å². The molecule has 0 saturated heterocycles. The molecular weight excluding hydrogens is 917 g/mol. The minimum absolute atomic E-state index is 0.164. The molecule has 12 aromatic carbocycles. The maximum absolute atomic E-state index is 2.49. The van der Waals surface area contributed by atoms with Gasteiger partial charge in [0.15, 0.2) is 0 Å². The lowest BCUT2D eigenvalue weighted by Crippen LogP contribution is -2.17. The topological polar surface area (TPSA) is 6.48 Å². The Bertz CT molecular complexity index is 4010. The first-order valence-electron chi connectivity index (χ1n) is 26.4. The molecule has 0 bridgehead atoms. The summed E-state index contributed by atoms with van der Waals surface area (Å²) >= 11 is 0. The number of para-hydroxylation sites is 2. The highest BCUT2D eigenvalue weighted by atomic mass is 15.1. The third kappa shape index (κ3) is 8.25. The number of hydrogen-bond donors (Lipinski definition) is 0. The van der Waals surface area contributed by atoms with Gasteiger partial charge >= 0.3 is 0 Å². The molecule has 13 rings (SSSR count). The van der Waals surface area contributed by atoms with E-state index >= 15 is 0 Å². The van der Waals surface area contributed by atoms with E-state index in [1.807, 2.05) is 0 Å². The van der Waals surface area contributed by atoms with Crippen LogP contribution in [0, 0.1) is 6.92 Å². The summed E-state index contributed by atoms with van der Waals surface area (Å²) < 4.78 is 0. The summed E-state index contributed by atoms with van der Waals surface area (Å²) in [4.78, 5) is 4.81. The van der Waals surface area contributed by atoms with Gasteiger partial charge in [0.2, 0.25) is 0 Å². The van der Waals surface area contributed by atoms with Crippen molar-refractivity contribution in [3.63, 3.8) is 0 Å². The highest BCUT2D eigenvalue weighted by molar-refractivity contribution is 6.06. The zero-order valence-electron chi connectivity index (χ0n) is 43.0. The maximum atomic E-state index is 2.49. The second kappa shape index (κ2) is 19.4. The smallest absolute Gasteiger partial charge is 0.0546 e. The minimum Gasteiger partial charge on any atom is -0.311 e. The van der Waals surface area contributed by atoms with Crippen LogP contribution in [0.15, 0.2) is 285 Å². The molecule has 0 aliphatic heterocycles. The van der Waals surface area contributed by atoms with E-state index in [1.165, 1.54) is 83.1 Å². The standard InChI is InChI=1S/C74H56N2/c1-51-22-16-18-32-62(51)73-63-33-19-17-27-54(63)40-47-72(73)76(61-45-46-65-64-34-20-21-35-70(64)74(2,3)71(65)48-61)60-43-38-56(39-44-60)69-50-66(52-23-8-4-9-24-52)68(49-67(69)53-25-10-5-11-26-53)55-36-41-59(42-37-55)75(57-28-12-6-13-29-57)58-30-14-7-15-31-58/h4-50H,1-3H3. The fraction of sp³-hybridized carbons (Fsp3) is 0.0541. The molecule has 362 valence electrons. The zero-order valence-corrected chi connectivity index (χ0v) is 43.0. The van der Waals surface area contributed by atoms with Crippen molar-refractivity contribution in [3.05, 3.63) is 302 Å². The fourth-order valence-corrected chi connectivity index (χ4v) is 11.8. The molecule has 0 fully saturated rings. The van der Waals surface area contributed by atoms with Crippen molar-refractivity contribution in [2.24, 2.45) is 0 Å². The highest BCUT2D eigenvalue weighted by Gasteiger charge is 2.36. The molecule has 0 N–H and O–H groups in total. The second-order valence-electron chi connectivity index (χ2n) is 20.5. The molecular formula is C74H56N2. The van der Waals surface area contributed by atoms with E-state index < -0.39 is 0 Å². The lowest BCUT2D eigenvalue weighted by Gasteiger charge is -2.31. The fourth-order valence-electron chi connectivity index (χ4n) is 11.8. The molecule has 2 nitrogen and oxygen atoms in total. The highest BCUT2D eigenvalue weighted by Crippen LogP contribution is 2.53. The molecule has 0 atom stereocenters. The number of nitrogens with zero attached hydrogens (tertiary/aromatic N) is 2. The van der Waals surface area contributed by atoms with Crippen LogP contribution in [0.2, 0.25) is 0 Å². The Morgan fingerprint density at radius 2 is 0.697 bits per heavy atom. The number of benzene rings is 12. The predicted molar refractivity (Wildman–Crippen MR) is 323 cm³/mol. The maximum Gasteiger partial charge on any atom is 0.0546 e. The predicted octanol–water partition coefficient (Wildman–Crippen LogP) is 20.7. The molecule has 1 aliphatic carbocycles. The van der Waals surface area contributed by atoms with Gasteiger partial charge in [-0.2, -0.15) is 0 Å². The third-order valence-electron chi connectivity index (χ3n) is 15.6. The lowest BCUT2D eigenvalue weighted by molar-refractivity contribution is 0.660. The first-order valence-corrected chi connectivity index (χ1v) is 26.4. The Labute approximate surface area is 447 Å². The minimum atomic E-state index is -0.164. The van der Waals surface area contributed by atoms with E-state index in [-0.39, 0.29) is 5.41 Å². The van der Waals surface area contributed by atoms with Crippen LogP contribution >= 0.6 is 0 Å². The molecule has 12 aromatic rings. The summed E-state index contributed by atoms with van der Waals surface area (Å²) in [5, 5.41) is 2.44. The summed E-state index contributed by atoms with van der Waals surface area (Å²) in [6.45, 7) is 6.97. The van der Waals surface area contributed by atoms with Crippen molar-refractivity contribution < 1.29 is 0 Å². The van der Waals surface area contributed by atoms with Crippen LogP contribution in [0.25, 0.3) is 77.5 Å². The molecule has 0 saturated carbocycles. The van der Waals surface area contributed by atoms with Crippen molar-refractivity contribution in [1.82, 2.24) is 0 Å². The largest absolute Gasteiger partial charge is 0.311 e. The van der Waals surface area contributed by atoms with Gasteiger partial charge in [0.05, 0.1) is 5.69 Å². The molecule has 0 radical (unpaired) electrons. The van der Waals surface area contributed by atoms with Crippen LogP contribution in [0.3, 0.4) is 0 Å². The van der Waals surface area contributed by atoms with Gasteiger partial charge in [-0.3, -0.25) is 0 Å². The molecule has 2 heteroatoms. The zero-order chi connectivity index (χ0) is 51.2. The van der Waals surface area contributed by atoms with Crippen LogP contribution in [0.1, 0.15) is 30.5 Å². The monoisotopic (exact) mass is 972 g/mol. The molecule has 0 heterocycles. The first kappa shape index (κ1) is 46.3. The first-order chi connectivity index (χ1) is 37.4. The van der Waals surface area contributed by atoms with E-state index in [4.69, 9.17) is 0 Å². The van der Waals surface area contributed by atoms with E-state index in [2.05, 4.69) is 316 Å². The summed E-state index contributed by atoms with van der Waals surface area (Å²) in [6, 6.07) is 104. The number of hydrogen-bond acceptors (Lipinski definition) is 2. The lowest BCUT2D eigenvalue weighted by atomic mass is 9.82. The Hall–Kier alpha value is -9.50. The molecule has 0 unspecified atom stereocenters. The number of aryl methyl sites for hydroxylation is 1. The Morgan fingerprint density at radius 1 is 0.276 bits per heavy atom. The molecule has 0 spiro atoms. The van der Waals surface area contributed by atoms with Gasteiger partial charge in [-0.1, -0.05) is 220 Å². The van der Waals surface area contributed by atoms with Crippen LogP contribution in [-0.4, -0.2) is 0 Å². The van der Waals surface area contributed by atoms with Crippen LogP contribution < -0.4 is 9.80 Å². The number of anilines is 6. The van der Waals surface area contributed by atoms with Crippen molar-refractivity contribution in [3.8, 4) is 66.8 Å². The molecule has 1 aliphatic rings. The number of rotatable bonds is 11. The Morgan fingerprint density at radius 3 is 1.26 bits per heavy atom. The Kier molecular flexibility index (Phi) is 11.8. The van der Waals surface area contributed by atoms with Gasteiger partial charge in [0.1, 0.15) is 0 Å². The summed E-state index contributed by atoms with van der Waals surface area (Å²) in [6.07, 6.45) is 0. The van der Waals surface area contributed by atoms with Crippen molar-refractivity contribution >= 4 is 44.9 Å². The summed E-state index contributed by atoms with van der Waals surface area (Å²) in [7, 11) is 0. The van der Waals surface area contributed by atoms with Gasteiger partial charge in [-0.25, -0.2) is 0 Å². The Balaban J connectivity index is 0.980. The normalized spacial score (nSPS) is 12.2. The van der Waals surface area contributed by atoms with Crippen molar-refractivity contribution in [1.29, 1.82) is 0 Å². The average molecular weight is 973 g/mol. The third-order valence-corrected chi connectivity index (χ3v) is 15.6. The van der Waals surface area contributed by atoms with Gasteiger partial charge in [0, 0.05) is 39.4 Å². The van der Waals surface area contributed by atoms with E-state index in [1.54, 1.807) is 0 Å². The second-order valence-corrected chi connectivity index (χ2v) is 20.5. The van der Waals surface area contributed by atoms with Crippen molar-refractivity contribution in [2.75, 3.05) is 9.80 Å². The van der Waals surface area contributed by atoms with Gasteiger partial charge in [-0.15, -0.1) is 0 Å². The van der Waals surface area contributed by atoms with Crippen LogP contribution in [-0.2, 0) is 5.41 Å². The summed E-state index contributed by atoms with van der Waals surface area (Å²) in [5.74, 6) is 0. The molecule has 0 aromatic heterocycles. The van der Waals surface area contributed by atoms with E-state index in [0.717, 1.165) is 45.3 Å². The summed E-state index contributed by atoms with van der Waals surface area (Å²) in [5.41, 5.74) is 24.9. The van der Waals surface area contributed by atoms with E-state index in [9.17, 15) is 0 Å². The molecule has 0 amide bonds. The number of fused-ring (bicyclic) bond motifs is 4. The SMILES string of the molecule is Cc1ccccc1-c1c(N(c2ccc(-c3cc(-c4ccccc4)c(-c4ccc(N(c5ccccc5)c5ccccc5)cc4)cc3-c3ccccc3)cc2)c2ccc3c(c2)C(C)(C)c2ccccc2-3)ccc2ccccc12. The van der Waals surface area contributed by atoms with Gasteiger partial charge in [-0.05, 0) is 174 Å². The van der Waals surface area contributed by atoms with E-state index in [0.29, 0.717) is 0 Å². The van der Waals surface area contributed by atoms with Gasteiger partial charge in [0.25, 0.3) is 0 Å². The molecule has 76 heavy (non-hydrogen) atoms. The average Bonchev–Trinajstić information content (AvgIpc) is 3.73. The quantitative estimate of drug-likeness (QED) is 0.127. The van der Waals surface area contributed by atoms with Crippen LogP contribution in [0.5, 0.6) is 0 Å². The van der Waals surface area contributed by atoms with Crippen molar-refractivity contribution in [2.45, 2.75) is 26.2 Å². The van der Waals surface area contributed by atoms with Crippen LogP contribution in [0.4, 0.5) is 34.1 Å².